The monoisotopic (exact) mass is 1340 g/mol. The third-order valence-electron chi connectivity index (χ3n) is 19.7. The molecular weight excluding hydrogens is 1260 g/mol. The van der Waals surface area contributed by atoms with Crippen molar-refractivity contribution in [2.24, 2.45) is 0 Å². The van der Waals surface area contributed by atoms with E-state index < -0.39 is 21.1 Å². The van der Waals surface area contributed by atoms with Crippen molar-refractivity contribution >= 4 is 85.1 Å². The molecule has 97 heavy (non-hydrogen) atoms. The maximum atomic E-state index is 6.33. The fraction of sp³-hybridized carbons (Fsp3) is 0.214. The number of benzene rings is 11. The maximum absolute atomic E-state index is 6.33. The molecule has 0 bridgehead atoms. The molecule has 0 aromatic heterocycles. The van der Waals surface area contributed by atoms with Crippen molar-refractivity contribution in [2.75, 3.05) is 9.80 Å². The van der Waals surface area contributed by atoms with Crippen LogP contribution in [-0.2, 0) is 27.9 Å². The first-order chi connectivity index (χ1) is 45.9. The van der Waals surface area contributed by atoms with E-state index in [2.05, 4.69) is 332 Å². The molecule has 3 saturated heterocycles. The Balaban J connectivity index is 0.000000162. The molecule has 8 nitrogen and oxygen atoms in total. The smallest absolute Gasteiger partial charge is 0.405 e. The molecule has 0 spiro atoms. The van der Waals surface area contributed by atoms with Crippen LogP contribution >= 0.6 is 15.9 Å². The lowest BCUT2D eigenvalue weighted by Gasteiger charge is -2.32. The van der Waals surface area contributed by atoms with Crippen molar-refractivity contribution in [1.82, 2.24) is 0 Å². The second-order valence-corrected chi connectivity index (χ2v) is 28.7. The van der Waals surface area contributed by atoms with Crippen LogP contribution < -0.4 is 15.3 Å². The summed E-state index contributed by atoms with van der Waals surface area (Å²) in [5.74, 6) is 0. The second kappa shape index (κ2) is 28.9. The quantitative estimate of drug-likeness (QED) is 0.106. The van der Waals surface area contributed by atoms with Gasteiger partial charge in [-0.2, -0.15) is 0 Å². The highest BCUT2D eigenvalue weighted by molar-refractivity contribution is 9.10. The minimum Gasteiger partial charge on any atom is -0.405 e. The summed E-state index contributed by atoms with van der Waals surface area (Å²) in [5, 5.41) is 0. The molecule has 11 aromatic carbocycles. The highest BCUT2D eigenvalue weighted by Gasteiger charge is 2.64. The lowest BCUT2D eigenvalue weighted by molar-refractivity contribution is 0.00578. The fourth-order valence-corrected chi connectivity index (χ4v) is 12.1. The van der Waals surface area contributed by atoms with E-state index in [0.29, 0.717) is 0 Å². The van der Waals surface area contributed by atoms with Gasteiger partial charge in [0, 0.05) is 47.0 Å². The van der Waals surface area contributed by atoms with Crippen molar-refractivity contribution in [1.29, 1.82) is 0 Å². The Morgan fingerprint density at radius 1 is 0.237 bits per heavy atom. The van der Waals surface area contributed by atoms with Gasteiger partial charge in [0.05, 0.1) is 33.6 Å². The molecule has 0 saturated carbocycles. The summed E-state index contributed by atoms with van der Waals surface area (Å²) >= 11 is 3.56. The van der Waals surface area contributed by atoms with Gasteiger partial charge in [0.25, 0.3) is 0 Å². The largest absolute Gasteiger partial charge is 0.494 e. The molecule has 485 valence electrons. The Hall–Kier alpha value is -8.48. The predicted octanol–water partition coefficient (Wildman–Crippen LogP) is 21.6. The first-order valence-corrected chi connectivity index (χ1v) is 34.0. The van der Waals surface area contributed by atoms with Gasteiger partial charge in [0.15, 0.2) is 0 Å². The summed E-state index contributed by atoms with van der Waals surface area (Å²) in [5.41, 5.74) is 17.4. The van der Waals surface area contributed by atoms with E-state index in [1.165, 1.54) is 44.5 Å². The average Bonchev–Trinajstić information content (AvgIpc) is 1.53. The zero-order chi connectivity index (χ0) is 67.5. The Kier molecular flexibility index (Phi) is 20.8. The molecule has 0 aliphatic carbocycles. The highest BCUT2D eigenvalue weighted by Crippen LogP contribution is 2.45. The molecule has 3 aliphatic rings. The molecule has 0 amide bonds. The molecule has 0 atom stereocenters. The van der Waals surface area contributed by atoms with Gasteiger partial charge in [0.2, 0.25) is 0 Å². The van der Waals surface area contributed by atoms with Crippen molar-refractivity contribution in [3.63, 3.8) is 0 Å². The van der Waals surface area contributed by atoms with Crippen LogP contribution in [0.25, 0.3) is 55.6 Å². The first-order valence-electron chi connectivity index (χ1n) is 33.2. The molecule has 14 rings (SSSR count). The van der Waals surface area contributed by atoms with Gasteiger partial charge in [-0.05, 0) is 229 Å². The van der Waals surface area contributed by atoms with E-state index in [4.69, 9.17) is 27.9 Å². The van der Waals surface area contributed by atoms with Gasteiger partial charge >= 0.3 is 21.1 Å². The van der Waals surface area contributed by atoms with Crippen LogP contribution in [0.1, 0.15) is 83.1 Å². The van der Waals surface area contributed by atoms with Crippen molar-refractivity contribution in [2.45, 2.75) is 117 Å². The van der Waals surface area contributed by atoms with E-state index in [0.717, 1.165) is 55.2 Å². The summed E-state index contributed by atoms with van der Waals surface area (Å²) in [4.78, 5) is 4.60. The normalized spacial score (nSPS) is 16.6. The van der Waals surface area contributed by atoms with Crippen LogP contribution in [-0.4, -0.2) is 63.2 Å². The van der Waals surface area contributed by atoms with E-state index in [9.17, 15) is 0 Å². The molecule has 3 aliphatic heterocycles. The number of hydrogen-bond donors (Lipinski definition) is 0. The minimum absolute atomic E-state index is 0. The second-order valence-electron chi connectivity index (χ2n) is 27.8. The fourth-order valence-electron chi connectivity index (χ4n) is 11.9. The zero-order valence-electron chi connectivity index (χ0n) is 57.7. The Bertz CT molecular complexity index is 4110. The van der Waals surface area contributed by atoms with Crippen LogP contribution in [0, 0.1) is 0 Å². The van der Waals surface area contributed by atoms with Crippen LogP contribution in [0.4, 0.5) is 34.1 Å². The summed E-state index contributed by atoms with van der Waals surface area (Å²) < 4.78 is 37.6. The number of hydrogen-bond acceptors (Lipinski definition) is 8. The molecule has 3 fully saturated rings. The SMILES string of the molecule is Brc1ccc(N(c2ccc(-c3ccccc3)cc2)c2ccc(-c3ccccc3)cc2)cc1.CC1(C)OB(B2OC(C)(C)C(C)(C)O2)OC1(C)C.CC1(C)OB(c2cccc(-c3ccc(N(c4ccc(-c5ccccc5)cc4)c4ccc(-c5ccccc5)cc4)cc3)c2)OC1(C)C.[B]. The molecule has 13 heteroatoms. The van der Waals surface area contributed by atoms with Gasteiger partial charge < -0.3 is 37.7 Å². The molecule has 0 unspecified atom stereocenters. The van der Waals surface area contributed by atoms with Crippen molar-refractivity contribution in [3.05, 3.63) is 296 Å². The zero-order valence-corrected chi connectivity index (χ0v) is 59.3. The van der Waals surface area contributed by atoms with E-state index in [1.807, 2.05) is 67.5 Å². The topological polar surface area (TPSA) is 61.9 Å². The highest BCUT2D eigenvalue weighted by atomic mass is 79.9. The van der Waals surface area contributed by atoms with E-state index >= 15 is 0 Å². The number of anilines is 6. The van der Waals surface area contributed by atoms with Gasteiger partial charge in [-0.25, -0.2) is 0 Å². The summed E-state index contributed by atoms with van der Waals surface area (Å²) in [6.07, 6.45) is 0. The third kappa shape index (κ3) is 15.6. The maximum Gasteiger partial charge on any atom is 0.494 e. The van der Waals surface area contributed by atoms with Crippen LogP contribution in [0.2, 0.25) is 0 Å². The molecule has 0 N–H and O–H groups in total. The Labute approximate surface area is 587 Å². The molecule has 3 radical (unpaired) electrons. The van der Waals surface area contributed by atoms with Gasteiger partial charge in [-0.3, -0.25) is 0 Å². The van der Waals surface area contributed by atoms with E-state index in [-0.39, 0.29) is 42.0 Å². The first kappa shape index (κ1) is 69.9. The predicted molar refractivity (Wildman–Crippen MR) is 411 cm³/mol. The Morgan fingerprint density at radius 3 is 0.701 bits per heavy atom. The molecule has 3 heterocycles. The lowest BCUT2D eigenvalue weighted by atomic mass is 9.49. The van der Waals surface area contributed by atoms with E-state index in [1.54, 1.807) is 0 Å². The van der Waals surface area contributed by atoms with Crippen molar-refractivity contribution < 1.29 is 27.9 Å². The standard InChI is InChI=1S/C42H38BNO2.C30H22BrN.C12H24B2O4.B/c1-41(2)42(3,4)46-43(45-41)37-17-11-16-36(30-37)35-22-28-40(29-23-35)44(38-24-18-33(19-25-38)31-12-7-5-8-13-31)39-26-20-34(21-27-39)32-14-9-6-10-15-32;31-27-15-21-30(22-16-27)32(28-17-11-25(12-18-28)23-7-3-1-4-8-23)29-19-13-26(14-20-29)24-9-5-2-6-10-24;1-9(2)10(3,4)16-13(15-9)14-17-11(5,6)12(7,8)18-14;/h5-30H,1-4H3;1-22H;1-8H3;. The minimum atomic E-state index is -0.476. The van der Waals surface area contributed by atoms with Crippen LogP contribution in [0.15, 0.2) is 296 Å². The summed E-state index contributed by atoms with van der Waals surface area (Å²) in [6, 6.07) is 103. The number of halogens is 1. The number of rotatable bonds is 13. The summed E-state index contributed by atoms with van der Waals surface area (Å²) in [6.45, 7) is 24.6. The molecular formula is C84H84B4BrN2O6. The van der Waals surface area contributed by atoms with Crippen molar-refractivity contribution in [3.8, 4) is 55.6 Å². The van der Waals surface area contributed by atoms with Crippen LogP contribution in [0.3, 0.4) is 0 Å². The van der Waals surface area contributed by atoms with Gasteiger partial charge in [0.1, 0.15) is 0 Å². The Morgan fingerprint density at radius 2 is 0.443 bits per heavy atom. The third-order valence-corrected chi connectivity index (χ3v) is 20.2. The van der Waals surface area contributed by atoms with Gasteiger partial charge in [-0.15, -0.1) is 0 Å². The average molecular weight is 1340 g/mol. The molecule has 11 aromatic rings. The lowest BCUT2D eigenvalue weighted by Crippen LogP contribution is -2.41. The van der Waals surface area contributed by atoms with Gasteiger partial charge in [-0.1, -0.05) is 222 Å². The number of nitrogens with zero attached hydrogens (tertiary/aromatic N) is 2. The van der Waals surface area contributed by atoms with Crippen LogP contribution in [0.5, 0.6) is 0 Å². The summed E-state index contributed by atoms with van der Waals surface area (Å²) in [7, 11) is -1.34.